The summed E-state index contributed by atoms with van der Waals surface area (Å²) in [4.78, 5) is 33.8. The van der Waals surface area contributed by atoms with Crippen molar-refractivity contribution < 1.29 is 31.2 Å². The summed E-state index contributed by atoms with van der Waals surface area (Å²) in [6, 6.07) is 14.7. The van der Waals surface area contributed by atoms with Gasteiger partial charge in [0.2, 0.25) is 21.9 Å². The van der Waals surface area contributed by atoms with Gasteiger partial charge in [0.25, 0.3) is 5.91 Å². The monoisotopic (exact) mass is 671 g/mol. The van der Waals surface area contributed by atoms with Crippen LogP contribution in [-0.4, -0.2) is 78.3 Å². The van der Waals surface area contributed by atoms with Crippen molar-refractivity contribution in [1.82, 2.24) is 19.5 Å². The van der Waals surface area contributed by atoms with E-state index in [4.69, 9.17) is 4.98 Å². The molecule has 3 fully saturated rings. The number of hydrogen-bond donors (Lipinski definition) is 1. The smallest absolute Gasteiger partial charge is 0.253 e. The summed E-state index contributed by atoms with van der Waals surface area (Å²) >= 11 is 1.29. The van der Waals surface area contributed by atoms with Crippen molar-refractivity contribution in [3.05, 3.63) is 65.6 Å². The van der Waals surface area contributed by atoms with Crippen molar-refractivity contribution >= 4 is 33.2 Å². The summed E-state index contributed by atoms with van der Waals surface area (Å²) in [5.41, 5.74) is 1.16. The Morgan fingerprint density at radius 2 is 1.63 bits per heavy atom. The summed E-state index contributed by atoms with van der Waals surface area (Å²) in [6.45, 7) is 0.945. The van der Waals surface area contributed by atoms with Crippen LogP contribution in [0.1, 0.15) is 54.1 Å². The minimum absolute atomic E-state index is 0.000257. The van der Waals surface area contributed by atoms with Gasteiger partial charge in [-0.1, -0.05) is 12.1 Å². The highest BCUT2D eigenvalue weighted by Gasteiger charge is 2.51. The number of piperazine rings is 1. The van der Waals surface area contributed by atoms with Gasteiger partial charge in [0.05, 0.1) is 28.8 Å². The number of thiazole rings is 1. The van der Waals surface area contributed by atoms with Gasteiger partial charge < -0.3 is 10.2 Å². The molecule has 1 N–H and O–H groups in total. The van der Waals surface area contributed by atoms with E-state index in [-0.39, 0.29) is 38.5 Å². The Kier molecular flexibility index (Phi) is 8.45. The summed E-state index contributed by atoms with van der Waals surface area (Å²) < 4.78 is 68.3. The molecule has 1 saturated heterocycles. The number of carbonyl (C=O) groups excluding carboxylic acids is 2. The first kappa shape index (κ1) is 32.2. The number of halogens is 3. The van der Waals surface area contributed by atoms with Crippen LogP contribution in [0.2, 0.25) is 0 Å². The number of sulfonamides is 1. The maximum atomic E-state index is 14.8. The van der Waals surface area contributed by atoms with Gasteiger partial charge in [-0.15, -0.1) is 11.3 Å². The van der Waals surface area contributed by atoms with Crippen molar-refractivity contribution in [3.8, 4) is 27.1 Å². The minimum atomic E-state index is -3.34. The lowest BCUT2D eigenvalue weighted by atomic mass is 9.74. The molecule has 2 aromatic carbocycles. The van der Waals surface area contributed by atoms with Gasteiger partial charge in [-0.25, -0.2) is 26.6 Å². The highest BCUT2D eigenvalue weighted by molar-refractivity contribution is 7.88. The standard InChI is InChI=1S/C32H32F3N5O4S2/c1-46(43,44)40-16-14-39(15-17-40)30(42)22-4-2-20(3-5-22)27-26(37-29(45-27)21-6-8-23(33)9-7-21)24-10-11-32(34,35)18-25(24)28(41)38-31(19-36)12-13-31/h2-9,24-25H,10-18H2,1H3,(H,38,41)/t24-,25-/m1/s1. The van der Waals surface area contributed by atoms with Gasteiger partial charge in [-0.2, -0.15) is 9.57 Å². The van der Waals surface area contributed by atoms with E-state index < -0.39 is 57.9 Å². The maximum Gasteiger partial charge on any atom is 0.253 e. The molecule has 2 heterocycles. The zero-order valence-electron chi connectivity index (χ0n) is 25.0. The molecule has 2 saturated carbocycles. The molecule has 9 nitrogen and oxygen atoms in total. The lowest BCUT2D eigenvalue weighted by Gasteiger charge is -2.35. The zero-order chi connectivity index (χ0) is 32.9. The van der Waals surface area contributed by atoms with Crippen LogP contribution in [-0.2, 0) is 14.8 Å². The van der Waals surface area contributed by atoms with Gasteiger partial charge in [0.15, 0.2) is 0 Å². The van der Waals surface area contributed by atoms with Gasteiger partial charge in [0.1, 0.15) is 16.4 Å². The summed E-state index contributed by atoms with van der Waals surface area (Å²) in [5, 5.41) is 12.8. The van der Waals surface area contributed by atoms with Crippen LogP contribution in [0.25, 0.3) is 21.0 Å². The van der Waals surface area contributed by atoms with Crippen LogP contribution < -0.4 is 5.32 Å². The molecule has 14 heteroatoms. The van der Waals surface area contributed by atoms with Crippen LogP contribution in [0.3, 0.4) is 0 Å². The van der Waals surface area contributed by atoms with E-state index in [9.17, 15) is 36.4 Å². The Hall–Kier alpha value is -3.80. The number of nitrogens with one attached hydrogen (secondary N) is 1. The number of alkyl halides is 2. The average Bonchev–Trinajstić information content (AvgIpc) is 3.67. The van der Waals surface area contributed by atoms with Crippen molar-refractivity contribution in [1.29, 1.82) is 5.26 Å². The number of hydrogen-bond acceptors (Lipinski definition) is 7. The molecule has 0 radical (unpaired) electrons. The van der Waals surface area contributed by atoms with Gasteiger partial charge >= 0.3 is 0 Å². The second kappa shape index (κ2) is 12.1. The fourth-order valence-corrected chi connectivity index (χ4v) is 8.10. The first-order chi connectivity index (χ1) is 21.8. The third kappa shape index (κ3) is 6.67. The Bertz CT molecular complexity index is 1790. The fraction of sp³-hybridized carbons (Fsp3) is 0.438. The van der Waals surface area contributed by atoms with Crippen LogP contribution in [0.5, 0.6) is 0 Å². The van der Waals surface area contributed by atoms with Crippen molar-refractivity contribution in [2.75, 3.05) is 32.4 Å². The van der Waals surface area contributed by atoms with Crippen LogP contribution in [0, 0.1) is 23.1 Å². The van der Waals surface area contributed by atoms with E-state index >= 15 is 0 Å². The number of aromatic nitrogens is 1. The molecule has 0 spiro atoms. The van der Waals surface area contributed by atoms with Crippen molar-refractivity contribution in [2.45, 2.75) is 49.5 Å². The van der Waals surface area contributed by atoms with E-state index in [2.05, 4.69) is 11.4 Å². The maximum absolute atomic E-state index is 14.8. The predicted molar refractivity (Wildman–Crippen MR) is 166 cm³/mol. The Labute approximate surface area is 269 Å². The molecule has 2 atom stereocenters. The molecule has 6 rings (SSSR count). The number of amides is 2. The Morgan fingerprint density at radius 3 is 2.22 bits per heavy atom. The number of nitrogens with zero attached hydrogens (tertiary/aromatic N) is 4. The third-order valence-electron chi connectivity index (χ3n) is 8.97. The summed E-state index contributed by atoms with van der Waals surface area (Å²) in [6.07, 6.45) is 0.986. The number of nitriles is 1. The minimum Gasteiger partial charge on any atom is -0.338 e. The molecular weight excluding hydrogens is 640 g/mol. The van der Waals surface area contributed by atoms with E-state index in [1.54, 1.807) is 41.3 Å². The molecule has 0 unspecified atom stereocenters. The van der Waals surface area contributed by atoms with E-state index in [1.165, 1.54) is 27.8 Å². The Morgan fingerprint density at radius 1 is 1.00 bits per heavy atom. The SMILES string of the molecule is CS(=O)(=O)N1CCN(C(=O)c2ccc(-c3sc(-c4ccc(F)cc4)nc3[C@@H]3CCC(F)(F)C[C@H]3C(=O)NC3(C#N)CC3)cc2)CC1. The molecule has 1 aliphatic heterocycles. The Balaban J connectivity index is 1.32. The topological polar surface area (TPSA) is 123 Å². The quantitative estimate of drug-likeness (QED) is 0.376. The van der Waals surface area contributed by atoms with E-state index in [0.717, 1.165) is 6.26 Å². The van der Waals surface area contributed by atoms with Crippen LogP contribution in [0.15, 0.2) is 48.5 Å². The first-order valence-electron chi connectivity index (χ1n) is 15.0. The highest BCUT2D eigenvalue weighted by atomic mass is 32.2. The first-order valence-corrected chi connectivity index (χ1v) is 17.7. The lowest BCUT2D eigenvalue weighted by molar-refractivity contribution is -0.134. The van der Waals surface area contributed by atoms with Gasteiger partial charge in [-0.3, -0.25) is 9.59 Å². The average molecular weight is 672 g/mol. The molecule has 46 heavy (non-hydrogen) atoms. The normalized spacial score (nSPS) is 22.5. The van der Waals surface area contributed by atoms with Gasteiger partial charge in [0, 0.05) is 56.1 Å². The summed E-state index contributed by atoms with van der Waals surface area (Å²) in [5.74, 6) is -6.09. The summed E-state index contributed by atoms with van der Waals surface area (Å²) in [7, 11) is -3.34. The van der Waals surface area contributed by atoms with Crippen LogP contribution in [0.4, 0.5) is 13.2 Å². The number of benzene rings is 2. The number of rotatable bonds is 7. The fourth-order valence-electron chi connectivity index (χ4n) is 6.13. The van der Waals surface area contributed by atoms with E-state index in [1.807, 2.05) is 0 Å². The molecule has 1 aromatic heterocycles. The lowest BCUT2D eigenvalue weighted by Crippen LogP contribution is -2.50. The van der Waals surface area contributed by atoms with Crippen molar-refractivity contribution in [2.24, 2.45) is 5.92 Å². The molecule has 2 aliphatic carbocycles. The zero-order valence-corrected chi connectivity index (χ0v) is 26.6. The highest BCUT2D eigenvalue weighted by Crippen LogP contribution is 2.50. The number of carbonyl (C=O) groups is 2. The molecule has 242 valence electrons. The van der Waals surface area contributed by atoms with Crippen LogP contribution >= 0.6 is 11.3 Å². The predicted octanol–water partition coefficient (Wildman–Crippen LogP) is 5.02. The molecular formula is C32H32F3N5O4S2. The second-order valence-corrected chi connectivity index (χ2v) is 15.2. The second-order valence-electron chi connectivity index (χ2n) is 12.3. The van der Waals surface area contributed by atoms with E-state index in [0.29, 0.717) is 45.1 Å². The largest absolute Gasteiger partial charge is 0.338 e. The molecule has 2 amide bonds. The molecule has 3 aromatic rings. The van der Waals surface area contributed by atoms with Crippen molar-refractivity contribution in [3.63, 3.8) is 0 Å². The third-order valence-corrected chi connectivity index (χ3v) is 11.4. The molecule has 0 bridgehead atoms. The van der Waals surface area contributed by atoms with Gasteiger partial charge in [-0.05, 0) is 61.2 Å². The molecule has 3 aliphatic rings.